The average Bonchev–Trinajstić information content (AvgIpc) is 3.07. The van der Waals surface area contributed by atoms with Gasteiger partial charge in [0.2, 0.25) is 15.9 Å². The van der Waals surface area contributed by atoms with Gasteiger partial charge >= 0.3 is 0 Å². The molecule has 0 unspecified atom stereocenters. The number of aryl methyl sites for hydroxylation is 1. The van der Waals surface area contributed by atoms with Gasteiger partial charge in [0.25, 0.3) is 0 Å². The first-order valence-corrected chi connectivity index (χ1v) is 9.44. The van der Waals surface area contributed by atoms with Crippen molar-refractivity contribution in [3.63, 3.8) is 0 Å². The zero-order chi connectivity index (χ0) is 15.7. The van der Waals surface area contributed by atoms with E-state index in [9.17, 15) is 13.2 Å². The zero-order valence-electron chi connectivity index (χ0n) is 12.7. The van der Waals surface area contributed by atoms with Crippen molar-refractivity contribution in [2.45, 2.75) is 38.8 Å². The molecule has 1 saturated heterocycles. The van der Waals surface area contributed by atoms with Crippen molar-refractivity contribution in [1.82, 2.24) is 24.4 Å². The summed E-state index contributed by atoms with van der Waals surface area (Å²) in [7, 11) is -3.15. The minimum atomic E-state index is -3.15. The van der Waals surface area contributed by atoms with E-state index in [2.05, 4.69) is 20.1 Å². The Morgan fingerprint density at radius 1 is 1.27 bits per heavy atom. The summed E-state index contributed by atoms with van der Waals surface area (Å²) in [6.07, 6.45) is 4.37. The van der Waals surface area contributed by atoms with Crippen molar-refractivity contribution in [2.24, 2.45) is 5.92 Å². The molecule has 2 aliphatic heterocycles. The number of aromatic nitrogens is 3. The second kappa shape index (κ2) is 5.96. The van der Waals surface area contributed by atoms with Gasteiger partial charge < -0.3 is 9.88 Å². The van der Waals surface area contributed by atoms with Gasteiger partial charge in [0.1, 0.15) is 5.82 Å². The van der Waals surface area contributed by atoms with Crippen molar-refractivity contribution >= 4 is 15.9 Å². The van der Waals surface area contributed by atoms with Crippen LogP contribution in [0.1, 0.15) is 30.9 Å². The standard InChI is InChI=1S/C13H21N5O3S/c1-22(20,21)17-7-4-10(5-8-17)13(19)14-9-12-16-15-11-3-2-6-18(11)12/h10H,2-9H2,1H3,(H,14,19). The van der Waals surface area contributed by atoms with Crippen LogP contribution < -0.4 is 5.32 Å². The van der Waals surface area contributed by atoms with Crippen LogP contribution >= 0.6 is 0 Å². The number of nitrogens with one attached hydrogen (secondary N) is 1. The summed E-state index contributed by atoms with van der Waals surface area (Å²) in [6, 6.07) is 0. The topological polar surface area (TPSA) is 97.2 Å². The van der Waals surface area contributed by atoms with Crippen LogP contribution in [-0.4, -0.2) is 52.7 Å². The molecule has 1 fully saturated rings. The van der Waals surface area contributed by atoms with E-state index in [4.69, 9.17) is 0 Å². The van der Waals surface area contributed by atoms with Gasteiger partial charge in [-0.25, -0.2) is 12.7 Å². The van der Waals surface area contributed by atoms with Crippen LogP contribution in [0.15, 0.2) is 0 Å². The van der Waals surface area contributed by atoms with Crippen molar-refractivity contribution < 1.29 is 13.2 Å². The van der Waals surface area contributed by atoms with Crippen LogP contribution in [0.25, 0.3) is 0 Å². The van der Waals surface area contributed by atoms with Crippen molar-refractivity contribution in [1.29, 1.82) is 0 Å². The summed E-state index contributed by atoms with van der Waals surface area (Å²) >= 11 is 0. The van der Waals surface area contributed by atoms with E-state index in [1.165, 1.54) is 10.6 Å². The van der Waals surface area contributed by atoms with E-state index in [0.717, 1.165) is 31.0 Å². The molecule has 1 aromatic rings. The first kappa shape index (κ1) is 15.4. The largest absolute Gasteiger partial charge is 0.349 e. The van der Waals surface area contributed by atoms with E-state index in [1.54, 1.807) is 0 Å². The van der Waals surface area contributed by atoms with Crippen LogP contribution in [0, 0.1) is 5.92 Å². The number of sulfonamides is 1. The van der Waals surface area contributed by atoms with E-state index in [0.29, 0.717) is 32.5 Å². The van der Waals surface area contributed by atoms with Gasteiger partial charge in [-0.2, -0.15) is 0 Å². The molecule has 1 aromatic heterocycles. The van der Waals surface area contributed by atoms with E-state index in [1.807, 2.05) is 0 Å². The third kappa shape index (κ3) is 3.14. The summed E-state index contributed by atoms with van der Waals surface area (Å²) in [6.45, 7) is 2.13. The molecular weight excluding hydrogens is 306 g/mol. The molecule has 0 aromatic carbocycles. The number of carbonyl (C=O) groups excluding carboxylic acids is 1. The predicted octanol–water partition coefficient (Wildman–Crippen LogP) is -0.488. The highest BCUT2D eigenvalue weighted by Crippen LogP contribution is 2.19. The minimum Gasteiger partial charge on any atom is -0.349 e. The van der Waals surface area contributed by atoms with Crippen molar-refractivity contribution in [3.05, 3.63) is 11.6 Å². The number of piperidine rings is 1. The number of hydrogen-bond acceptors (Lipinski definition) is 5. The fourth-order valence-electron chi connectivity index (χ4n) is 3.10. The van der Waals surface area contributed by atoms with Crippen molar-refractivity contribution in [3.8, 4) is 0 Å². The molecule has 0 bridgehead atoms. The highest BCUT2D eigenvalue weighted by molar-refractivity contribution is 7.88. The maximum Gasteiger partial charge on any atom is 0.223 e. The Labute approximate surface area is 129 Å². The lowest BCUT2D eigenvalue weighted by molar-refractivity contribution is -0.126. The van der Waals surface area contributed by atoms with Gasteiger partial charge in [-0.05, 0) is 19.3 Å². The summed E-state index contributed by atoms with van der Waals surface area (Å²) in [5, 5.41) is 11.1. The van der Waals surface area contributed by atoms with Crippen LogP contribution in [0.4, 0.5) is 0 Å². The van der Waals surface area contributed by atoms with Crippen molar-refractivity contribution in [2.75, 3.05) is 19.3 Å². The van der Waals surface area contributed by atoms with Crippen LogP contribution in [0.3, 0.4) is 0 Å². The number of amides is 1. The Balaban J connectivity index is 1.51. The second-order valence-corrected chi connectivity index (χ2v) is 7.92. The molecule has 1 amide bonds. The molecule has 0 atom stereocenters. The maximum absolute atomic E-state index is 12.2. The lowest BCUT2D eigenvalue weighted by Gasteiger charge is -2.29. The Kier molecular flexibility index (Phi) is 4.18. The highest BCUT2D eigenvalue weighted by Gasteiger charge is 2.29. The first-order chi connectivity index (χ1) is 10.4. The lowest BCUT2D eigenvalue weighted by atomic mass is 9.97. The molecule has 3 heterocycles. The molecular formula is C13H21N5O3S. The van der Waals surface area contributed by atoms with E-state index >= 15 is 0 Å². The fraction of sp³-hybridized carbons (Fsp3) is 0.769. The highest BCUT2D eigenvalue weighted by atomic mass is 32.2. The number of nitrogens with zero attached hydrogens (tertiary/aromatic N) is 4. The fourth-order valence-corrected chi connectivity index (χ4v) is 3.98. The monoisotopic (exact) mass is 327 g/mol. The maximum atomic E-state index is 12.2. The Bertz CT molecular complexity index is 661. The van der Waals surface area contributed by atoms with Gasteiger partial charge in [0.15, 0.2) is 5.82 Å². The number of hydrogen-bond donors (Lipinski definition) is 1. The average molecular weight is 327 g/mol. The summed E-state index contributed by atoms with van der Waals surface area (Å²) < 4.78 is 26.4. The molecule has 0 aliphatic carbocycles. The van der Waals surface area contributed by atoms with Gasteiger partial charge in [0, 0.05) is 32.0 Å². The molecule has 3 rings (SSSR count). The van der Waals surface area contributed by atoms with Gasteiger partial charge in [-0.15, -0.1) is 10.2 Å². The Hall–Kier alpha value is -1.48. The lowest BCUT2D eigenvalue weighted by Crippen LogP contribution is -2.42. The van der Waals surface area contributed by atoms with Crippen LogP contribution in [0.2, 0.25) is 0 Å². The molecule has 0 spiro atoms. The van der Waals surface area contributed by atoms with Gasteiger partial charge in [-0.3, -0.25) is 4.79 Å². The summed E-state index contributed by atoms with van der Waals surface area (Å²) in [4.78, 5) is 12.2. The third-order valence-corrected chi connectivity index (χ3v) is 5.70. The molecule has 9 heteroatoms. The number of rotatable bonds is 4. The molecule has 122 valence electrons. The van der Waals surface area contributed by atoms with Crippen LogP contribution in [-0.2, 0) is 34.3 Å². The molecule has 8 nitrogen and oxygen atoms in total. The molecule has 1 N–H and O–H groups in total. The Morgan fingerprint density at radius 2 is 2.00 bits per heavy atom. The predicted molar refractivity (Wildman–Crippen MR) is 79.3 cm³/mol. The molecule has 0 radical (unpaired) electrons. The van der Waals surface area contributed by atoms with Crippen LogP contribution in [0.5, 0.6) is 0 Å². The first-order valence-electron chi connectivity index (χ1n) is 7.59. The summed E-state index contributed by atoms with van der Waals surface area (Å²) in [5.74, 6) is 1.64. The van der Waals surface area contributed by atoms with E-state index in [-0.39, 0.29) is 11.8 Å². The normalized spacial score (nSPS) is 20.0. The molecule has 22 heavy (non-hydrogen) atoms. The molecule has 2 aliphatic rings. The van der Waals surface area contributed by atoms with E-state index < -0.39 is 10.0 Å². The SMILES string of the molecule is CS(=O)(=O)N1CCC(C(=O)NCc2nnc3n2CCC3)CC1. The smallest absolute Gasteiger partial charge is 0.223 e. The Morgan fingerprint density at radius 3 is 2.68 bits per heavy atom. The minimum absolute atomic E-state index is 0.0245. The zero-order valence-corrected chi connectivity index (χ0v) is 13.5. The second-order valence-electron chi connectivity index (χ2n) is 5.94. The summed E-state index contributed by atoms with van der Waals surface area (Å²) in [5.41, 5.74) is 0. The number of fused-ring (bicyclic) bond motifs is 1. The quantitative estimate of drug-likeness (QED) is 0.805. The number of carbonyl (C=O) groups is 1. The van der Waals surface area contributed by atoms with Gasteiger partial charge in [-0.1, -0.05) is 0 Å². The van der Waals surface area contributed by atoms with Gasteiger partial charge in [0.05, 0.1) is 12.8 Å². The molecule has 0 saturated carbocycles. The third-order valence-electron chi connectivity index (χ3n) is 4.40.